The minimum absolute atomic E-state index is 0.198. The maximum Gasteiger partial charge on any atom is 0.242 e. The van der Waals surface area contributed by atoms with Crippen molar-refractivity contribution in [2.24, 2.45) is 0 Å². The molecular formula is C20H24N2O3S. The minimum atomic E-state index is -3.72. The van der Waals surface area contributed by atoms with Crippen LogP contribution in [0.25, 0.3) is 6.08 Å². The molecule has 2 rings (SSSR count). The fourth-order valence-electron chi connectivity index (χ4n) is 2.50. The van der Waals surface area contributed by atoms with Crippen LogP contribution in [0, 0.1) is 6.92 Å². The van der Waals surface area contributed by atoms with E-state index >= 15 is 0 Å². The molecular weight excluding hydrogens is 348 g/mol. The van der Waals surface area contributed by atoms with Crippen LogP contribution in [0.3, 0.4) is 0 Å². The highest BCUT2D eigenvalue weighted by Gasteiger charge is 2.28. The van der Waals surface area contributed by atoms with Crippen LogP contribution in [0.2, 0.25) is 0 Å². The van der Waals surface area contributed by atoms with E-state index in [4.69, 9.17) is 0 Å². The second-order valence-electron chi connectivity index (χ2n) is 5.99. The Morgan fingerprint density at radius 2 is 1.73 bits per heavy atom. The van der Waals surface area contributed by atoms with Crippen LogP contribution in [-0.2, 0) is 14.8 Å². The SMILES string of the molecule is CCN([C@H](C)C(=O)Nc1ccc(C)cc1)S(=O)(=O)/C=C/c1ccccc1. The normalized spacial score (nSPS) is 13.1. The molecule has 0 fully saturated rings. The van der Waals surface area contributed by atoms with Gasteiger partial charge in [-0.1, -0.05) is 55.0 Å². The van der Waals surface area contributed by atoms with E-state index in [2.05, 4.69) is 5.32 Å². The largest absolute Gasteiger partial charge is 0.325 e. The van der Waals surface area contributed by atoms with E-state index in [1.54, 1.807) is 26.0 Å². The van der Waals surface area contributed by atoms with Gasteiger partial charge in [-0.2, -0.15) is 4.31 Å². The van der Waals surface area contributed by atoms with Crippen molar-refractivity contribution in [2.75, 3.05) is 11.9 Å². The molecule has 0 aromatic heterocycles. The molecule has 0 radical (unpaired) electrons. The quantitative estimate of drug-likeness (QED) is 0.807. The molecule has 5 nitrogen and oxygen atoms in total. The van der Waals surface area contributed by atoms with E-state index in [9.17, 15) is 13.2 Å². The Balaban J connectivity index is 2.13. The number of aryl methyl sites for hydroxylation is 1. The van der Waals surface area contributed by atoms with Gasteiger partial charge in [-0.25, -0.2) is 8.42 Å². The molecule has 1 amide bonds. The van der Waals surface area contributed by atoms with Crippen molar-refractivity contribution in [3.8, 4) is 0 Å². The van der Waals surface area contributed by atoms with Crippen LogP contribution in [0.15, 0.2) is 60.0 Å². The third-order valence-corrected chi connectivity index (χ3v) is 5.71. The van der Waals surface area contributed by atoms with E-state index in [1.807, 2.05) is 49.4 Å². The van der Waals surface area contributed by atoms with Gasteiger partial charge in [0.25, 0.3) is 0 Å². The van der Waals surface area contributed by atoms with Crippen LogP contribution in [0.5, 0.6) is 0 Å². The summed E-state index contributed by atoms with van der Waals surface area (Å²) in [5, 5.41) is 3.90. The van der Waals surface area contributed by atoms with Crippen molar-refractivity contribution in [2.45, 2.75) is 26.8 Å². The number of likely N-dealkylation sites (N-methyl/N-ethyl adjacent to an activating group) is 1. The van der Waals surface area contributed by atoms with Crippen molar-refractivity contribution in [1.82, 2.24) is 4.31 Å². The maximum atomic E-state index is 12.6. The van der Waals surface area contributed by atoms with Gasteiger partial charge >= 0.3 is 0 Å². The smallest absolute Gasteiger partial charge is 0.242 e. The second kappa shape index (κ2) is 8.78. The van der Waals surface area contributed by atoms with Crippen LogP contribution in [-0.4, -0.2) is 31.2 Å². The summed E-state index contributed by atoms with van der Waals surface area (Å²) >= 11 is 0. The molecule has 0 aliphatic carbocycles. The van der Waals surface area contributed by atoms with Crippen LogP contribution in [0.1, 0.15) is 25.0 Å². The molecule has 0 unspecified atom stereocenters. The lowest BCUT2D eigenvalue weighted by atomic mass is 10.2. The standard InChI is InChI=1S/C20H24N2O3S/c1-4-22(26(24,25)15-14-18-8-6-5-7-9-18)17(3)20(23)21-19-12-10-16(2)11-13-19/h5-15,17H,4H2,1-3H3,(H,21,23)/b15-14+/t17-/m1/s1. The summed E-state index contributed by atoms with van der Waals surface area (Å²) in [6, 6.07) is 15.7. The molecule has 0 saturated heterocycles. The molecule has 138 valence electrons. The first-order chi connectivity index (χ1) is 12.3. The summed E-state index contributed by atoms with van der Waals surface area (Å²) in [5.41, 5.74) is 2.50. The lowest BCUT2D eigenvalue weighted by molar-refractivity contribution is -0.119. The Hall–Kier alpha value is -2.44. The lowest BCUT2D eigenvalue weighted by Crippen LogP contribution is -2.44. The Labute approximate surface area is 155 Å². The average molecular weight is 372 g/mol. The van der Waals surface area contributed by atoms with Gasteiger partial charge in [-0.15, -0.1) is 0 Å². The van der Waals surface area contributed by atoms with Gasteiger partial charge in [0.2, 0.25) is 15.9 Å². The van der Waals surface area contributed by atoms with E-state index in [1.165, 1.54) is 10.4 Å². The number of sulfonamides is 1. The monoisotopic (exact) mass is 372 g/mol. The van der Waals surface area contributed by atoms with Crippen molar-refractivity contribution >= 4 is 27.7 Å². The van der Waals surface area contributed by atoms with E-state index in [0.717, 1.165) is 16.5 Å². The summed E-state index contributed by atoms with van der Waals surface area (Å²) in [5.74, 6) is -0.368. The first kappa shape index (κ1) is 19.9. The van der Waals surface area contributed by atoms with Gasteiger partial charge in [0.05, 0.1) is 0 Å². The molecule has 26 heavy (non-hydrogen) atoms. The maximum absolute atomic E-state index is 12.6. The van der Waals surface area contributed by atoms with Gasteiger partial charge < -0.3 is 5.32 Å². The Bertz CT molecular complexity index is 860. The zero-order valence-electron chi connectivity index (χ0n) is 15.2. The second-order valence-corrected chi connectivity index (χ2v) is 7.76. The van der Waals surface area contributed by atoms with Crippen molar-refractivity contribution < 1.29 is 13.2 Å². The van der Waals surface area contributed by atoms with Gasteiger partial charge in [0.15, 0.2) is 0 Å². The number of benzene rings is 2. The zero-order valence-corrected chi connectivity index (χ0v) is 16.0. The molecule has 0 aliphatic rings. The molecule has 0 aliphatic heterocycles. The summed E-state index contributed by atoms with van der Waals surface area (Å²) in [6.07, 6.45) is 1.53. The fourth-order valence-corrected chi connectivity index (χ4v) is 3.88. The number of hydrogen-bond donors (Lipinski definition) is 1. The predicted octanol–water partition coefficient (Wildman–Crippen LogP) is 3.64. The summed E-state index contributed by atoms with van der Waals surface area (Å²) in [7, 11) is -3.72. The molecule has 0 heterocycles. The van der Waals surface area contributed by atoms with Crippen molar-refractivity contribution in [3.05, 3.63) is 71.1 Å². The highest BCUT2D eigenvalue weighted by molar-refractivity contribution is 7.92. The summed E-state index contributed by atoms with van der Waals surface area (Å²) in [4.78, 5) is 12.5. The van der Waals surface area contributed by atoms with Crippen LogP contribution < -0.4 is 5.32 Å². The van der Waals surface area contributed by atoms with E-state index < -0.39 is 16.1 Å². The van der Waals surface area contributed by atoms with Gasteiger partial charge in [0.1, 0.15) is 6.04 Å². The van der Waals surface area contributed by atoms with E-state index in [0.29, 0.717) is 5.69 Å². The third kappa shape index (κ3) is 5.28. The van der Waals surface area contributed by atoms with E-state index in [-0.39, 0.29) is 12.5 Å². The van der Waals surface area contributed by atoms with Crippen LogP contribution in [0.4, 0.5) is 5.69 Å². The van der Waals surface area contributed by atoms with Gasteiger partial charge in [0, 0.05) is 17.6 Å². The highest BCUT2D eigenvalue weighted by atomic mass is 32.2. The molecule has 1 atom stereocenters. The molecule has 0 bridgehead atoms. The number of amides is 1. The first-order valence-electron chi connectivity index (χ1n) is 8.46. The van der Waals surface area contributed by atoms with Gasteiger partial charge in [-0.05, 0) is 37.6 Å². The average Bonchev–Trinajstić information content (AvgIpc) is 2.63. The Morgan fingerprint density at radius 3 is 2.31 bits per heavy atom. The Morgan fingerprint density at radius 1 is 1.12 bits per heavy atom. The molecule has 1 N–H and O–H groups in total. The van der Waals surface area contributed by atoms with Crippen LogP contribution >= 0.6 is 0 Å². The molecule has 6 heteroatoms. The summed E-state index contributed by atoms with van der Waals surface area (Å²) < 4.78 is 26.5. The molecule has 2 aromatic carbocycles. The van der Waals surface area contributed by atoms with Crippen molar-refractivity contribution in [1.29, 1.82) is 0 Å². The third-order valence-electron chi connectivity index (χ3n) is 4.00. The number of nitrogens with zero attached hydrogens (tertiary/aromatic N) is 1. The molecule has 2 aromatic rings. The number of carbonyl (C=O) groups is 1. The lowest BCUT2D eigenvalue weighted by Gasteiger charge is -2.25. The number of carbonyl (C=O) groups excluding carboxylic acids is 1. The predicted molar refractivity (Wildman–Crippen MR) is 106 cm³/mol. The Kier molecular flexibility index (Phi) is 6.71. The highest BCUT2D eigenvalue weighted by Crippen LogP contribution is 2.14. The minimum Gasteiger partial charge on any atom is -0.325 e. The van der Waals surface area contributed by atoms with Crippen molar-refractivity contribution in [3.63, 3.8) is 0 Å². The number of anilines is 1. The first-order valence-corrected chi connectivity index (χ1v) is 9.96. The van der Waals surface area contributed by atoms with Gasteiger partial charge in [-0.3, -0.25) is 4.79 Å². The molecule has 0 saturated carbocycles. The fraction of sp³-hybridized carbons (Fsp3) is 0.250. The number of rotatable bonds is 7. The number of nitrogens with one attached hydrogen (secondary N) is 1. The number of hydrogen-bond acceptors (Lipinski definition) is 3. The summed E-state index contributed by atoms with van der Waals surface area (Å²) in [6.45, 7) is 5.45. The molecule has 0 spiro atoms. The topological polar surface area (TPSA) is 66.5 Å². The zero-order chi connectivity index (χ0) is 19.2.